The molecule has 0 aliphatic carbocycles. The first kappa shape index (κ1) is 81.8. The fraction of sp³-hybridized carbons (Fsp3) is 0.00719. The summed E-state index contributed by atoms with van der Waals surface area (Å²) >= 11 is 0. The summed E-state index contributed by atoms with van der Waals surface area (Å²) in [6.45, 7) is 0. The molecule has 139 heavy (non-hydrogen) atoms. The van der Waals surface area contributed by atoms with Gasteiger partial charge in [-0.2, -0.15) is 0 Å². The summed E-state index contributed by atoms with van der Waals surface area (Å²) in [5.74, 6) is 0. The van der Waals surface area contributed by atoms with E-state index in [2.05, 4.69) is 522 Å². The lowest BCUT2D eigenvalue weighted by Gasteiger charge is -2.22. The normalized spacial score (nSPS) is 11.7. The van der Waals surface area contributed by atoms with E-state index >= 15 is 0 Å². The van der Waals surface area contributed by atoms with Crippen LogP contribution in [0.1, 0.15) is 7.43 Å². The third kappa shape index (κ3) is 13.9. The van der Waals surface area contributed by atoms with Crippen molar-refractivity contribution < 1.29 is 0 Å². The molecule has 0 N–H and O–H groups in total. The quantitative estimate of drug-likeness (QED) is 0.113. The van der Waals surface area contributed by atoms with E-state index in [1.54, 1.807) is 0 Å². The van der Waals surface area contributed by atoms with Crippen LogP contribution in [0, 0.1) is 0 Å². The van der Waals surface area contributed by atoms with Gasteiger partial charge < -0.3 is 0 Å². The molecule has 0 spiro atoms. The number of hydrogen-bond acceptors (Lipinski definition) is 0. The van der Waals surface area contributed by atoms with Gasteiger partial charge in [0.25, 0.3) is 0 Å². The predicted octanol–water partition coefficient (Wildman–Crippen LogP) is 39.6. The molecule has 0 atom stereocenters. The number of hydrogen-bond donors (Lipinski definition) is 0. The molecule has 0 amide bonds. The second-order valence-electron chi connectivity index (χ2n) is 37.0. The van der Waals surface area contributed by atoms with Gasteiger partial charge in [-0.25, -0.2) is 0 Å². The van der Waals surface area contributed by atoms with Crippen molar-refractivity contribution in [2.45, 2.75) is 7.43 Å². The Bertz CT molecular complexity index is 9870. The maximum atomic E-state index is 2.45. The van der Waals surface area contributed by atoms with Crippen LogP contribution in [0.15, 0.2) is 522 Å². The molecule has 0 fully saturated rings. The van der Waals surface area contributed by atoms with Crippen molar-refractivity contribution >= 4 is 162 Å². The lowest BCUT2D eigenvalue weighted by atomic mass is 9.81. The minimum Gasteiger partial charge on any atom is -0.0776 e. The van der Waals surface area contributed by atoms with Crippen molar-refractivity contribution in [2.24, 2.45) is 0 Å². The number of fused-ring (bicyclic) bond motifs is 6. The summed E-state index contributed by atoms with van der Waals surface area (Å²) in [6, 6.07) is 193. The smallest absolute Gasteiger partial charge is 0.00139 e. The average Bonchev–Trinajstić information content (AvgIpc) is 0.711. The molecular formula is C139H90. The van der Waals surface area contributed by atoms with Gasteiger partial charge >= 0.3 is 0 Å². The molecule has 0 radical (unpaired) electrons. The maximum absolute atomic E-state index is 2.45. The monoisotopic (exact) mass is 1760 g/mol. The third-order valence-corrected chi connectivity index (χ3v) is 29.4. The molecule has 0 bridgehead atoms. The Morgan fingerprint density at radius 2 is 0.288 bits per heavy atom. The molecule has 0 nitrogen and oxygen atoms in total. The highest BCUT2D eigenvalue weighted by Crippen LogP contribution is 2.54. The van der Waals surface area contributed by atoms with Gasteiger partial charge in [0, 0.05) is 0 Å². The Hall–Kier alpha value is -17.9. The lowest BCUT2D eigenvalue weighted by Crippen LogP contribution is -1.95. The zero-order chi connectivity index (χ0) is 90.8. The van der Waals surface area contributed by atoms with Crippen LogP contribution < -0.4 is 0 Å². The maximum Gasteiger partial charge on any atom is -0.00139 e. The highest BCUT2D eigenvalue weighted by Gasteiger charge is 2.27. The van der Waals surface area contributed by atoms with Crippen molar-refractivity contribution in [3.8, 4) is 122 Å². The lowest BCUT2D eigenvalue weighted by molar-refractivity contribution is 1.60. The van der Waals surface area contributed by atoms with Crippen LogP contribution in [0.5, 0.6) is 0 Å². The van der Waals surface area contributed by atoms with E-state index in [0.29, 0.717) is 0 Å². The molecule has 0 saturated heterocycles. The van der Waals surface area contributed by atoms with E-state index in [4.69, 9.17) is 0 Å². The van der Waals surface area contributed by atoms with Gasteiger partial charge in [-0.3, -0.25) is 0 Å². The predicted molar refractivity (Wildman–Crippen MR) is 602 cm³/mol. The van der Waals surface area contributed by atoms with Crippen molar-refractivity contribution in [3.05, 3.63) is 522 Å². The van der Waals surface area contributed by atoms with Crippen molar-refractivity contribution in [1.82, 2.24) is 0 Å². The Morgan fingerprint density at radius 3 is 0.647 bits per heavy atom. The van der Waals surface area contributed by atoms with Crippen molar-refractivity contribution in [3.63, 3.8) is 0 Å². The van der Waals surface area contributed by atoms with Gasteiger partial charge in [0.05, 0.1) is 0 Å². The molecular weight excluding hydrogens is 1670 g/mol. The molecule has 0 heterocycles. The van der Waals surface area contributed by atoms with Gasteiger partial charge in [-0.1, -0.05) is 481 Å². The summed E-state index contributed by atoms with van der Waals surface area (Å²) < 4.78 is 0. The Labute approximate surface area is 807 Å². The van der Waals surface area contributed by atoms with Crippen LogP contribution in [-0.2, 0) is 0 Å². The van der Waals surface area contributed by atoms with Crippen molar-refractivity contribution in [1.29, 1.82) is 0 Å². The van der Waals surface area contributed by atoms with Crippen LogP contribution in [-0.4, -0.2) is 0 Å². The van der Waals surface area contributed by atoms with Crippen LogP contribution in [0.3, 0.4) is 0 Å². The third-order valence-electron chi connectivity index (χ3n) is 29.4. The Morgan fingerprint density at radius 1 is 0.0791 bits per heavy atom. The molecule has 646 valence electrons. The average molecular weight is 1760 g/mol. The topological polar surface area (TPSA) is 0 Å². The SMILES string of the molecule is C.c1ccc(-c2cc(-c3ccc4ccccc4c3)c3ccc4c(-c5ccccc5)cc(-c5cccc6ccccc56)c5ccc2c3c45)cc1.c1ccc(-c2ccccc2-c2cc(-c3ccc4ccccc4c3)c3ccc4c(-c5ccccc5)cc(-c5ccc6ccccc6c5)c5ccc2c3c45)cc1.c1ccc2cc(-c3ccc4ccc5ccc(-c6cccc7ccccc67)c6ccc3c4c56)ccc2c1. The molecule has 0 aliphatic rings. The van der Waals surface area contributed by atoms with E-state index in [1.165, 1.54) is 284 Å². The molecule has 0 saturated carbocycles. The first-order chi connectivity index (χ1) is 68.4. The molecule has 29 aromatic rings. The van der Waals surface area contributed by atoms with Crippen LogP contribution in [0.2, 0.25) is 0 Å². The van der Waals surface area contributed by atoms with E-state index < -0.39 is 0 Å². The second-order valence-corrected chi connectivity index (χ2v) is 37.0. The minimum atomic E-state index is 0. The van der Waals surface area contributed by atoms with Crippen LogP contribution in [0.25, 0.3) is 284 Å². The first-order valence-corrected chi connectivity index (χ1v) is 48.0. The van der Waals surface area contributed by atoms with Crippen molar-refractivity contribution in [2.75, 3.05) is 0 Å². The van der Waals surface area contributed by atoms with Gasteiger partial charge in [-0.15, -0.1) is 0 Å². The molecule has 29 rings (SSSR count). The van der Waals surface area contributed by atoms with Crippen LogP contribution in [0.4, 0.5) is 0 Å². The molecule has 29 aromatic carbocycles. The zero-order valence-electron chi connectivity index (χ0n) is 75.7. The van der Waals surface area contributed by atoms with E-state index in [1.807, 2.05) is 0 Å². The highest BCUT2D eigenvalue weighted by molar-refractivity contribution is 6.35. The fourth-order valence-corrected chi connectivity index (χ4v) is 22.9. The van der Waals surface area contributed by atoms with Gasteiger partial charge in [0.15, 0.2) is 0 Å². The Balaban J connectivity index is 0.000000109. The molecule has 0 unspecified atom stereocenters. The molecule has 0 aromatic heterocycles. The second kappa shape index (κ2) is 33.9. The fourth-order valence-electron chi connectivity index (χ4n) is 22.9. The van der Waals surface area contributed by atoms with Gasteiger partial charge in [-0.05, 0) is 333 Å². The number of benzene rings is 29. The number of rotatable bonds is 11. The summed E-state index contributed by atoms with van der Waals surface area (Å²) in [5.41, 5.74) is 27.5. The largest absolute Gasteiger partial charge is 0.0776 e. The Kier molecular flexibility index (Phi) is 19.9. The molecule has 0 aliphatic heterocycles. The molecule has 0 heteroatoms. The van der Waals surface area contributed by atoms with Gasteiger partial charge in [0.2, 0.25) is 0 Å². The van der Waals surface area contributed by atoms with Gasteiger partial charge in [0.1, 0.15) is 0 Å². The summed E-state index contributed by atoms with van der Waals surface area (Å²) in [7, 11) is 0. The first-order valence-electron chi connectivity index (χ1n) is 48.0. The summed E-state index contributed by atoms with van der Waals surface area (Å²) in [5, 5.41) is 38.6. The van der Waals surface area contributed by atoms with E-state index in [-0.39, 0.29) is 7.43 Å². The standard InChI is InChI=1S/C54H34.C48H30.C36H22.CH4/c1-3-15-37(16-4-1)43-21-11-12-22-44(43)52-34-51(42-26-24-36-14-8-10-20-40(36)32-42)47-28-27-45-49(38-17-5-2-6-18-38)33-50(46-29-30-48(52)54(47)53(45)46)41-25-23-35-13-7-9-19-39(35)31-41;1-3-13-33(14-4-1)43-29-45(36-23-22-31-12-7-8-18-35(31)28-36)41-25-24-40-44(34-15-5-2-6-16-34)30-46(42-27-26-39(43)47(41)48(40)42)38-21-11-19-32-17-9-10-20-37(32)38;1-2-8-27-22-28(15-12-23(27)6-1)30-18-16-25-13-14-26-17-19-32(34-21-20-33(30)35(25)36(26)34)31-11-5-9-24-7-3-4-10-29(24)31;/h1-34H;1-30H;1-22H;1H4. The minimum absolute atomic E-state index is 0. The zero-order valence-corrected chi connectivity index (χ0v) is 75.7. The highest BCUT2D eigenvalue weighted by atomic mass is 14.3. The van der Waals surface area contributed by atoms with Crippen LogP contribution >= 0.6 is 0 Å². The van der Waals surface area contributed by atoms with E-state index in [9.17, 15) is 0 Å². The summed E-state index contributed by atoms with van der Waals surface area (Å²) in [4.78, 5) is 0. The summed E-state index contributed by atoms with van der Waals surface area (Å²) in [6.07, 6.45) is 0. The van der Waals surface area contributed by atoms with E-state index in [0.717, 1.165) is 0 Å².